The van der Waals surface area contributed by atoms with E-state index in [0.29, 0.717) is 26.6 Å². The first kappa shape index (κ1) is 11.6. The Hall–Kier alpha value is -1.46. The highest BCUT2D eigenvalue weighted by molar-refractivity contribution is 6.40. The molecule has 0 amide bonds. The molecule has 3 rings (SSSR count). The summed E-state index contributed by atoms with van der Waals surface area (Å²) in [6, 6.07) is 0. The fourth-order valence-electron chi connectivity index (χ4n) is 2.05. The van der Waals surface area contributed by atoms with Gasteiger partial charge in [-0.3, -0.25) is 0 Å². The van der Waals surface area contributed by atoms with E-state index in [1.54, 1.807) is 0 Å². The zero-order valence-corrected chi connectivity index (χ0v) is 11.5. The normalized spacial score (nSPS) is 11.6. The Labute approximate surface area is 113 Å². The first-order valence-electron chi connectivity index (χ1n) is 5.31. The van der Waals surface area contributed by atoms with Crippen LogP contribution in [0.5, 0.6) is 0 Å². The second kappa shape index (κ2) is 3.76. The van der Waals surface area contributed by atoms with Crippen molar-refractivity contribution in [3.8, 4) is 0 Å². The number of fused-ring (bicyclic) bond motifs is 3. The molecule has 0 unspecified atom stereocenters. The molecule has 0 aliphatic rings. The quantitative estimate of drug-likeness (QED) is 0.636. The van der Waals surface area contributed by atoms with Crippen molar-refractivity contribution in [1.29, 1.82) is 0 Å². The van der Waals surface area contributed by atoms with Crippen molar-refractivity contribution < 1.29 is 0 Å². The molecule has 0 N–H and O–H groups in total. The summed E-state index contributed by atoms with van der Waals surface area (Å²) in [5.74, 6) is 0.855. The highest BCUT2D eigenvalue weighted by Gasteiger charge is 2.18. The van der Waals surface area contributed by atoms with Crippen LogP contribution in [0.3, 0.4) is 0 Å². The molecule has 0 aliphatic heterocycles. The van der Waals surface area contributed by atoms with Crippen molar-refractivity contribution in [2.24, 2.45) is 7.05 Å². The molecule has 0 fully saturated rings. The van der Waals surface area contributed by atoms with Gasteiger partial charge in [0.25, 0.3) is 0 Å². The lowest BCUT2D eigenvalue weighted by molar-refractivity contribution is 0.872. The molecule has 3 heterocycles. The first-order valence-corrected chi connectivity index (χ1v) is 6.07. The molecule has 92 valence electrons. The van der Waals surface area contributed by atoms with Gasteiger partial charge in [0.2, 0.25) is 0 Å². The van der Waals surface area contributed by atoms with Crippen LogP contribution in [-0.4, -0.2) is 24.7 Å². The molecule has 5 nitrogen and oxygen atoms in total. The molecular formula is C11H9Cl2N5. The third-order valence-corrected chi connectivity index (χ3v) is 3.58. The third-order valence-electron chi connectivity index (χ3n) is 3.05. The third kappa shape index (κ3) is 1.41. The van der Waals surface area contributed by atoms with Crippen LogP contribution in [0.1, 0.15) is 11.5 Å². The van der Waals surface area contributed by atoms with Crippen LogP contribution < -0.4 is 0 Å². The molecule has 18 heavy (non-hydrogen) atoms. The molecule has 0 bridgehead atoms. The van der Waals surface area contributed by atoms with Crippen LogP contribution in [0.4, 0.5) is 0 Å². The van der Waals surface area contributed by atoms with Gasteiger partial charge in [0, 0.05) is 12.4 Å². The number of imidazole rings is 1. The number of halogens is 2. The predicted molar refractivity (Wildman–Crippen MR) is 71.1 cm³/mol. The Balaban J connectivity index is 2.69. The number of pyridine rings is 1. The van der Waals surface area contributed by atoms with Gasteiger partial charge in [-0.25, -0.2) is 9.97 Å². The largest absolute Gasteiger partial charge is 0.316 e. The number of hydrogen-bond acceptors (Lipinski definition) is 4. The van der Waals surface area contributed by atoms with Crippen LogP contribution in [0, 0.1) is 13.8 Å². The van der Waals surface area contributed by atoms with E-state index in [-0.39, 0.29) is 0 Å². The molecule has 0 saturated heterocycles. The molecule has 7 heteroatoms. The van der Waals surface area contributed by atoms with Crippen molar-refractivity contribution in [2.45, 2.75) is 13.8 Å². The van der Waals surface area contributed by atoms with Crippen LogP contribution >= 0.6 is 23.2 Å². The number of aryl methyl sites for hydroxylation is 3. The Morgan fingerprint density at radius 2 is 1.56 bits per heavy atom. The average molecular weight is 282 g/mol. The standard InChI is InChI=1S/C11H9Cl2N5/c1-4-6-7(10(13)17-16-9(6)12)8-11(14-4)18(3)5(2)15-8/h1-3H3. The summed E-state index contributed by atoms with van der Waals surface area (Å²) in [5.41, 5.74) is 2.24. The minimum absolute atomic E-state index is 0.294. The lowest BCUT2D eigenvalue weighted by Gasteiger charge is -2.05. The molecule has 0 aromatic carbocycles. The van der Waals surface area contributed by atoms with E-state index in [0.717, 1.165) is 17.2 Å². The lowest BCUT2D eigenvalue weighted by Crippen LogP contribution is -1.96. The van der Waals surface area contributed by atoms with E-state index < -0.39 is 0 Å². The monoisotopic (exact) mass is 281 g/mol. The summed E-state index contributed by atoms with van der Waals surface area (Å²) in [5, 5.41) is 9.67. The second-order valence-electron chi connectivity index (χ2n) is 4.12. The smallest absolute Gasteiger partial charge is 0.162 e. The minimum atomic E-state index is 0.294. The van der Waals surface area contributed by atoms with Gasteiger partial charge in [-0.15, -0.1) is 10.2 Å². The van der Waals surface area contributed by atoms with Crippen molar-refractivity contribution in [1.82, 2.24) is 24.7 Å². The van der Waals surface area contributed by atoms with Gasteiger partial charge in [0.05, 0.1) is 11.1 Å². The van der Waals surface area contributed by atoms with Crippen LogP contribution in [0.2, 0.25) is 10.3 Å². The highest BCUT2D eigenvalue weighted by Crippen LogP contribution is 2.33. The number of hydrogen-bond donors (Lipinski definition) is 0. The van der Waals surface area contributed by atoms with Gasteiger partial charge < -0.3 is 4.57 Å². The summed E-state index contributed by atoms with van der Waals surface area (Å²) in [7, 11) is 1.91. The second-order valence-corrected chi connectivity index (χ2v) is 4.84. The maximum absolute atomic E-state index is 6.13. The van der Waals surface area contributed by atoms with Gasteiger partial charge in [-0.1, -0.05) is 23.2 Å². The molecule has 0 saturated carbocycles. The van der Waals surface area contributed by atoms with E-state index in [1.807, 2.05) is 25.5 Å². The Morgan fingerprint density at radius 3 is 2.22 bits per heavy atom. The van der Waals surface area contributed by atoms with Gasteiger partial charge in [-0.05, 0) is 13.8 Å². The van der Waals surface area contributed by atoms with Crippen LogP contribution in [-0.2, 0) is 7.05 Å². The number of nitrogens with zero attached hydrogens (tertiary/aromatic N) is 5. The van der Waals surface area contributed by atoms with Crippen LogP contribution in [0.25, 0.3) is 21.9 Å². The van der Waals surface area contributed by atoms with Gasteiger partial charge in [0.15, 0.2) is 16.0 Å². The molecule has 0 atom stereocenters. The van der Waals surface area contributed by atoms with E-state index in [2.05, 4.69) is 20.2 Å². The van der Waals surface area contributed by atoms with Crippen molar-refractivity contribution in [3.05, 3.63) is 21.8 Å². The van der Waals surface area contributed by atoms with Crippen molar-refractivity contribution in [3.63, 3.8) is 0 Å². The van der Waals surface area contributed by atoms with Crippen molar-refractivity contribution in [2.75, 3.05) is 0 Å². The number of aromatic nitrogens is 5. The Bertz CT molecular complexity index is 793. The molecular weight excluding hydrogens is 273 g/mol. The predicted octanol–water partition coefficient (Wildman–Crippen LogP) is 2.84. The fourth-order valence-corrected chi connectivity index (χ4v) is 2.54. The van der Waals surface area contributed by atoms with E-state index in [4.69, 9.17) is 23.2 Å². The van der Waals surface area contributed by atoms with Gasteiger partial charge >= 0.3 is 0 Å². The van der Waals surface area contributed by atoms with Gasteiger partial charge in [0.1, 0.15) is 11.3 Å². The Morgan fingerprint density at radius 1 is 0.944 bits per heavy atom. The maximum atomic E-state index is 6.13. The zero-order chi connectivity index (χ0) is 13.0. The fraction of sp³-hybridized carbons (Fsp3) is 0.273. The number of rotatable bonds is 0. The molecule has 0 radical (unpaired) electrons. The summed E-state index contributed by atoms with van der Waals surface area (Å²) in [6.45, 7) is 3.78. The summed E-state index contributed by atoms with van der Waals surface area (Å²) >= 11 is 12.2. The molecule has 3 aromatic rings. The molecule has 3 aromatic heterocycles. The topological polar surface area (TPSA) is 56.5 Å². The van der Waals surface area contributed by atoms with Crippen molar-refractivity contribution >= 4 is 45.1 Å². The highest BCUT2D eigenvalue weighted by atomic mass is 35.5. The average Bonchev–Trinajstić information content (AvgIpc) is 2.60. The maximum Gasteiger partial charge on any atom is 0.162 e. The van der Waals surface area contributed by atoms with E-state index >= 15 is 0 Å². The van der Waals surface area contributed by atoms with E-state index in [1.165, 1.54) is 0 Å². The summed E-state index contributed by atoms with van der Waals surface area (Å²) < 4.78 is 1.91. The minimum Gasteiger partial charge on any atom is -0.316 e. The Kier molecular flexibility index (Phi) is 2.43. The summed E-state index contributed by atoms with van der Waals surface area (Å²) in [6.07, 6.45) is 0. The molecule has 0 spiro atoms. The SMILES string of the molecule is Cc1nc2c(nc(C)n2C)c2c(Cl)nnc(Cl)c12. The lowest BCUT2D eigenvalue weighted by atomic mass is 10.2. The zero-order valence-electron chi connectivity index (χ0n) is 9.99. The van der Waals surface area contributed by atoms with E-state index in [9.17, 15) is 0 Å². The van der Waals surface area contributed by atoms with Crippen LogP contribution in [0.15, 0.2) is 0 Å². The molecule has 0 aliphatic carbocycles. The first-order chi connectivity index (χ1) is 8.50. The summed E-state index contributed by atoms with van der Waals surface area (Å²) in [4.78, 5) is 8.99. The van der Waals surface area contributed by atoms with Gasteiger partial charge in [-0.2, -0.15) is 0 Å².